The lowest BCUT2D eigenvalue weighted by molar-refractivity contribution is -0.167. The van der Waals surface area contributed by atoms with Crippen LogP contribution in [0.3, 0.4) is 0 Å². The average Bonchev–Trinajstić information content (AvgIpc) is 3.37. The Kier molecular flexibility index (Phi) is 56.3. The second kappa shape index (κ2) is 59.2. The summed E-state index contributed by atoms with van der Waals surface area (Å²) in [5.74, 6) is -0.939. The van der Waals surface area contributed by atoms with E-state index in [1.165, 1.54) is 141 Å². The van der Waals surface area contributed by atoms with Crippen LogP contribution in [0.25, 0.3) is 0 Å². The summed E-state index contributed by atoms with van der Waals surface area (Å²) < 4.78 is 16.9. The van der Waals surface area contributed by atoms with Crippen LogP contribution in [0.1, 0.15) is 290 Å². The first kappa shape index (κ1) is 67.6. The summed E-state index contributed by atoms with van der Waals surface area (Å²) in [6.45, 7) is 6.56. The van der Waals surface area contributed by atoms with Crippen LogP contribution in [0.4, 0.5) is 0 Å². The van der Waals surface area contributed by atoms with Crippen LogP contribution in [0.5, 0.6) is 0 Å². The molecular weight excluding hydrogens is 877 g/mol. The average molecular weight is 990 g/mol. The Morgan fingerprint density at radius 3 is 0.831 bits per heavy atom. The quantitative estimate of drug-likeness (QED) is 0.0261. The van der Waals surface area contributed by atoms with Crippen LogP contribution in [0.2, 0.25) is 0 Å². The lowest BCUT2D eigenvalue weighted by Crippen LogP contribution is -2.30. The van der Waals surface area contributed by atoms with Gasteiger partial charge in [-0.15, -0.1) is 0 Å². The third-order valence-electron chi connectivity index (χ3n) is 12.9. The molecule has 0 aliphatic heterocycles. The van der Waals surface area contributed by atoms with Crippen molar-refractivity contribution < 1.29 is 28.6 Å². The van der Waals surface area contributed by atoms with Crippen molar-refractivity contribution in [2.24, 2.45) is 0 Å². The molecule has 0 aromatic rings. The molecule has 0 fully saturated rings. The van der Waals surface area contributed by atoms with E-state index < -0.39 is 6.10 Å². The van der Waals surface area contributed by atoms with Gasteiger partial charge in [-0.3, -0.25) is 14.4 Å². The van der Waals surface area contributed by atoms with Gasteiger partial charge in [-0.05, 0) is 103 Å². The van der Waals surface area contributed by atoms with Crippen LogP contribution in [-0.2, 0) is 28.6 Å². The predicted octanol–water partition coefficient (Wildman–Crippen LogP) is 20.3. The number of ether oxygens (including phenoxy) is 3. The maximum absolute atomic E-state index is 12.9. The molecule has 0 aromatic carbocycles. The SMILES string of the molecule is CCCCC/C=C\C/C=C\C/C=C\C/C=C\CCCCCC(=O)O[C@H](COC(=O)CCCCCC/C=C\C/C=C\C/C=C\CCCCC)COC(=O)CCCCCCCCCCCCCCCCCCC. The van der Waals surface area contributed by atoms with Crippen LogP contribution < -0.4 is 0 Å². The number of esters is 3. The first-order chi connectivity index (χ1) is 35.0. The van der Waals surface area contributed by atoms with E-state index in [-0.39, 0.29) is 37.5 Å². The van der Waals surface area contributed by atoms with Gasteiger partial charge in [0.25, 0.3) is 0 Å². The van der Waals surface area contributed by atoms with Crippen LogP contribution in [-0.4, -0.2) is 37.2 Å². The van der Waals surface area contributed by atoms with Crippen molar-refractivity contribution in [3.8, 4) is 0 Å². The van der Waals surface area contributed by atoms with Gasteiger partial charge in [-0.25, -0.2) is 0 Å². The highest BCUT2D eigenvalue weighted by molar-refractivity contribution is 5.71. The number of hydrogen-bond acceptors (Lipinski definition) is 6. The highest BCUT2D eigenvalue weighted by atomic mass is 16.6. The Morgan fingerprint density at radius 1 is 0.282 bits per heavy atom. The summed E-state index contributed by atoms with van der Waals surface area (Å²) in [6, 6.07) is 0. The second-order valence-electron chi connectivity index (χ2n) is 19.9. The Hall–Kier alpha value is -3.41. The molecule has 0 N–H and O–H groups in total. The van der Waals surface area contributed by atoms with Crippen molar-refractivity contribution in [1.82, 2.24) is 0 Å². The van der Waals surface area contributed by atoms with E-state index in [0.717, 1.165) is 109 Å². The van der Waals surface area contributed by atoms with E-state index in [4.69, 9.17) is 14.2 Å². The minimum Gasteiger partial charge on any atom is -0.462 e. The summed E-state index contributed by atoms with van der Waals surface area (Å²) >= 11 is 0. The molecule has 0 bridgehead atoms. The molecule has 0 unspecified atom stereocenters. The third-order valence-corrected chi connectivity index (χ3v) is 12.9. The van der Waals surface area contributed by atoms with E-state index in [2.05, 4.69) is 106 Å². The van der Waals surface area contributed by atoms with Crippen molar-refractivity contribution in [3.05, 3.63) is 85.1 Å². The van der Waals surface area contributed by atoms with Gasteiger partial charge in [-0.1, -0.05) is 254 Å². The molecule has 0 saturated heterocycles. The Balaban J connectivity index is 4.48. The minimum absolute atomic E-state index is 0.0949. The zero-order valence-corrected chi connectivity index (χ0v) is 46.7. The van der Waals surface area contributed by atoms with Gasteiger partial charge < -0.3 is 14.2 Å². The highest BCUT2D eigenvalue weighted by Gasteiger charge is 2.19. The van der Waals surface area contributed by atoms with E-state index in [0.29, 0.717) is 12.8 Å². The standard InChI is InChI=1S/C65H112O6/c1-4-7-10-13-16-19-22-25-28-31-32-35-38-41-44-47-50-53-56-59-65(68)71-62(60-69-63(66)57-54-51-48-45-42-39-36-33-29-26-23-20-17-14-11-8-5-2)61-70-64(67)58-55-52-49-46-43-40-37-34-30-27-24-21-18-15-12-9-6-3/h16-17,19-20,25-26,28-29,32,35-36,39,41,44,62H,4-15,18,21-24,27,30-31,33-34,37-38,40,42-43,45-61H2,1-3H3/b19-16-,20-17-,28-25-,29-26-,35-32-,39-36-,44-41-/t62-/m1/s1. The molecule has 0 aliphatic rings. The summed E-state index contributed by atoms with van der Waals surface area (Å²) in [5.41, 5.74) is 0. The summed E-state index contributed by atoms with van der Waals surface area (Å²) in [4.78, 5) is 38.2. The minimum atomic E-state index is -0.803. The fourth-order valence-corrected chi connectivity index (χ4v) is 8.32. The maximum Gasteiger partial charge on any atom is 0.306 e. The molecule has 408 valence electrons. The number of rotatable bonds is 54. The Morgan fingerprint density at radius 2 is 0.507 bits per heavy atom. The van der Waals surface area contributed by atoms with E-state index in [1.54, 1.807) is 0 Å². The van der Waals surface area contributed by atoms with E-state index in [9.17, 15) is 14.4 Å². The first-order valence-electron chi connectivity index (χ1n) is 30.1. The largest absolute Gasteiger partial charge is 0.462 e. The fourth-order valence-electron chi connectivity index (χ4n) is 8.32. The number of carbonyl (C=O) groups is 3. The van der Waals surface area contributed by atoms with Gasteiger partial charge in [0.05, 0.1) is 0 Å². The third kappa shape index (κ3) is 57.4. The van der Waals surface area contributed by atoms with Gasteiger partial charge in [0, 0.05) is 19.3 Å². The summed E-state index contributed by atoms with van der Waals surface area (Å²) in [6.07, 6.45) is 77.1. The molecule has 0 spiro atoms. The molecule has 0 aliphatic carbocycles. The Bertz CT molecular complexity index is 1370. The van der Waals surface area contributed by atoms with Crippen molar-refractivity contribution in [2.45, 2.75) is 297 Å². The van der Waals surface area contributed by atoms with Crippen LogP contribution >= 0.6 is 0 Å². The predicted molar refractivity (Wildman–Crippen MR) is 307 cm³/mol. The topological polar surface area (TPSA) is 78.9 Å². The highest BCUT2D eigenvalue weighted by Crippen LogP contribution is 2.16. The molecule has 0 rings (SSSR count). The molecule has 1 atom stereocenters. The van der Waals surface area contributed by atoms with Gasteiger partial charge >= 0.3 is 17.9 Å². The first-order valence-corrected chi connectivity index (χ1v) is 30.1. The van der Waals surface area contributed by atoms with Gasteiger partial charge in [0.15, 0.2) is 6.10 Å². The fraction of sp³-hybridized carbons (Fsp3) is 0.738. The molecule has 6 nitrogen and oxygen atoms in total. The number of allylic oxidation sites excluding steroid dienone is 14. The lowest BCUT2D eigenvalue weighted by Gasteiger charge is -2.18. The lowest BCUT2D eigenvalue weighted by atomic mass is 10.0. The molecule has 0 saturated carbocycles. The monoisotopic (exact) mass is 989 g/mol. The van der Waals surface area contributed by atoms with Crippen molar-refractivity contribution in [2.75, 3.05) is 13.2 Å². The number of carbonyl (C=O) groups excluding carboxylic acids is 3. The summed E-state index contributed by atoms with van der Waals surface area (Å²) in [5, 5.41) is 0. The number of unbranched alkanes of at least 4 members (excludes halogenated alkanes) is 29. The van der Waals surface area contributed by atoms with Crippen molar-refractivity contribution in [1.29, 1.82) is 0 Å². The Labute approximate surface area is 439 Å². The molecule has 0 aromatic heterocycles. The summed E-state index contributed by atoms with van der Waals surface area (Å²) in [7, 11) is 0. The van der Waals surface area contributed by atoms with Crippen molar-refractivity contribution in [3.63, 3.8) is 0 Å². The zero-order valence-electron chi connectivity index (χ0n) is 46.7. The molecule has 0 radical (unpaired) electrons. The van der Waals surface area contributed by atoms with Gasteiger partial charge in [0.1, 0.15) is 13.2 Å². The van der Waals surface area contributed by atoms with E-state index in [1.807, 2.05) is 0 Å². The van der Waals surface area contributed by atoms with Gasteiger partial charge in [0.2, 0.25) is 0 Å². The van der Waals surface area contributed by atoms with Crippen LogP contribution in [0, 0.1) is 0 Å². The normalized spacial score (nSPS) is 12.7. The molecule has 0 heterocycles. The van der Waals surface area contributed by atoms with Gasteiger partial charge in [-0.2, -0.15) is 0 Å². The van der Waals surface area contributed by atoms with Crippen molar-refractivity contribution >= 4 is 17.9 Å². The molecule has 0 amide bonds. The van der Waals surface area contributed by atoms with E-state index >= 15 is 0 Å². The smallest absolute Gasteiger partial charge is 0.306 e. The molecular formula is C65H112O6. The molecule has 6 heteroatoms. The number of hydrogen-bond donors (Lipinski definition) is 0. The second-order valence-corrected chi connectivity index (χ2v) is 19.9. The van der Waals surface area contributed by atoms with Crippen LogP contribution in [0.15, 0.2) is 85.1 Å². The maximum atomic E-state index is 12.9. The molecule has 71 heavy (non-hydrogen) atoms. The zero-order chi connectivity index (χ0) is 51.4.